The summed E-state index contributed by atoms with van der Waals surface area (Å²) in [4.78, 5) is 20.2. The highest BCUT2D eigenvalue weighted by atomic mass is 15.2. The first kappa shape index (κ1) is 19.0. The molecule has 0 bridgehead atoms. The molecular formula is C23H24N6. The lowest BCUT2D eigenvalue weighted by Crippen LogP contribution is -2.18. The Labute approximate surface area is 170 Å². The molecule has 0 atom stereocenters. The minimum atomic E-state index is 0.659. The van der Waals surface area contributed by atoms with Crippen molar-refractivity contribution in [3.05, 3.63) is 78.2 Å². The number of pyridine rings is 2. The molecule has 0 unspecified atom stereocenters. The predicted molar refractivity (Wildman–Crippen MR) is 117 cm³/mol. The maximum absolute atomic E-state index is 4.73. The van der Waals surface area contributed by atoms with Crippen LogP contribution in [0.4, 0.5) is 5.82 Å². The molecule has 0 saturated heterocycles. The van der Waals surface area contributed by atoms with E-state index in [0.29, 0.717) is 5.82 Å². The molecule has 0 aliphatic carbocycles. The second-order valence-electron chi connectivity index (χ2n) is 7.06. The van der Waals surface area contributed by atoms with Gasteiger partial charge in [-0.1, -0.05) is 24.3 Å². The monoisotopic (exact) mass is 384 g/mol. The van der Waals surface area contributed by atoms with Gasteiger partial charge in [-0.05, 0) is 29.8 Å². The summed E-state index contributed by atoms with van der Waals surface area (Å²) >= 11 is 0. The van der Waals surface area contributed by atoms with Crippen LogP contribution in [0.3, 0.4) is 0 Å². The zero-order valence-corrected chi connectivity index (χ0v) is 16.7. The SMILES string of the molecule is CN(C)c1cc(CCNCc2cccc3ncccc23)nc(-c2ccccn2)n1. The maximum Gasteiger partial charge on any atom is 0.180 e. The number of rotatable bonds is 7. The van der Waals surface area contributed by atoms with Gasteiger partial charge in [-0.2, -0.15) is 0 Å². The zero-order chi connectivity index (χ0) is 20.1. The highest BCUT2D eigenvalue weighted by Crippen LogP contribution is 2.18. The second kappa shape index (κ2) is 8.75. The van der Waals surface area contributed by atoms with Gasteiger partial charge in [-0.3, -0.25) is 9.97 Å². The van der Waals surface area contributed by atoms with Crippen molar-refractivity contribution in [2.75, 3.05) is 25.5 Å². The van der Waals surface area contributed by atoms with Gasteiger partial charge in [0.05, 0.1) is 5.52 Å². The van der Waals surface area contributed by atoms with Crippen LogP contribution in [-0.4, -0.2) is 40.6 Å². The Bertz CT molecular complexity index is 1090. The van der Waals surface area contributed by atoms with E-state index in [1.165, 1.54) is 10.9 Å². The molecule has 0 saturated carbocycles. The molecule has 4 rings (SSSR count). The summed E-state index contributed by atoms with van der Waals surface area (Å²) < 4.78 is 0. The third kappa shape index (κ3) is 4.55. The van der Waals surface area contributed by atoms with Gasteiger partial charge in [-0.25, -0.2) is 9.97 Å². The van der Waals surface area contributed by atoms with Crippen molar-refractivity contribution in [1.82, 2.24) is 25.3 Å². The summed E-state index contributed by atoms with van der Waals surface area (Å²) in [7, 11) is 3.97. The van der Waals surface area contributed by atoms with Gasteiger partial charge in [-0.15, -0.1) is 0 Å². The molecule has 0 spiro atoms. The minimum Gasteiger partial charge on any atom is -0.363 e. The van der Waals surface area contributed by atoms with Gasteiger partial charge >= 0.3 is 0 Å². The van der Waals surface area contributed by atoms with Gasteiger partial charge < -0.3 is 10.2 Å². The molecule has 4 aromatic rings. The summed E-state index contributed by atoms with van der Waals surface area (Å²) in [6.07, 6.45) is 4.41. The summed E-state index contributed by atoms with van der Waals surface area (Å²) in [6.45, 7) is 1.62. The standard InChI is InChI=1S/C23H24N6/c1-29(2)22-15-18(27-23(28-22)21-9-3-4-12-26-21)11-14-24-16-17-7-5-10-20-19(17)8-6-13-25-20/h3-10,12-13,15,24H,11,14,16H2,1-2H3. The first-order valence-corrected chi connectivity index (χ1v) is 9.71. The van der Waals surface area contributed by atoms with Crippen LogP contribution >= 0.6 is 0 Å². The Kier molecular flexibility index (Phi) is 5.72. The first-order valence-electron chi connectivity index (χ1n) is 9.71. The number of hydrogen-bond donors (Lipinski definition) is 1. The Morgan fingerprint density at radius 2 is 1.79 bits per heavy atom. The smallest absolute Gasteiger partial charge is 0.180 e. The Balaban J connectivity index is 1.46. The zero-order valence-electron chi connectivity index (χ0n) is 16.7. The van der Waals surface area contributed by atoms with Crippen molar-refractivity contribution in [3.63, 3.8) is 0 Å². The molecule has 29 heavy (non-hydrogen) atoms. The molecular weight excluding hydrogens is 360 g/mol. The lowest BCUT2D eigenvalue weighted by Gasteiger charge is -2.14. The van der Waals surface area contributed by atoms with Crippen molar-refractivity contribution < 1.29 is 0 Å². The van der Waals surface area contributed by atoms with Gasteiger partial charge in [0, 0.05) is 63.1 Å². The van der Waals surface area contributed by atoms with E-state index in [-0.39, 0.29) is 0 Å². The second-order valence-corrected chi connectivity index (χ2v) is 7.06. The van der Waals surface area contributed by atoms with Gasteiger partial charge in [0.1, 0.15) is 11.5 Å². The fourth-order valence-electron chi connectivity index (χ4n) is 3.21. The number of nitrogens with zero attached hydrogens (tertiary/aromatic N) is 5. The molecule has 0 fully saturated rings. The van der Waals surface area contributed by atoms with E-state index in [9.17, 15) is 0 Å². The van der Waals surface area contributed by atoms with E-state index in [1.54, 1.807) is 6.20 Å². The summed E-state index contributed by atoms with van der Waals surface area (Å²) in [6, 6.07) is 18.2. The van der Waals surface area contributed by atoms with Crippen LogP contribution in [0.5, 0.6) is 0 Å². The van der Waals surface area contributed by atoms with Crippen LogP contribution in [-0.2, 0) is 13.0 Å². The van der Waals surface area contributed by atoms with Crippen LogP contribution in [0.1, 0.15) is 11.3 Å². The number of nitrogens with one attached hydrogen (secondary N) is 1. The van der Waals surface area contributed by atoms with Crippen LogP contribution in [0.15, 0.2) is 67.0 Å². The summed E-state index contributed by atoms with van der Waals surface area (Å²) in [5.41, 5.74) is 4.06. The molecule has 3 aromatic heterocycles. The molecule has 0 amide bonds. The van der Waals surface area contributed by atoms with Gasteiger partial charge in [0.2, 0.25) is 0 Å². The van der Waals surface area contributed by atoms with Crippen LogP contribution in [0, 0.1) is 0 Å². The molecule has 0 radical (unpaired) electrons. The lowest BCUT2D eigenvalue weighted by atomic mass is 10.1. The molecule has 146 valence electrons. The third-order valence-corrected chi connectivity index (χ3v) is 4.73. The molecule has 1 N–H and O–H groups in total. The van der Waals surface area contributed by atoms with Crippen molar-refractivity contribution in [3.8, 4) is 11.5 Å². The number of hydrogen-bond acceptors (Lipinski definition) is 6. The molecule has 1 aromatic carbocycles. The Morgan fingerprint density at radius 1 is 0.897 bits per heavy atom. The molecule has 3 heterocycles. The van der Waals surface area contributed by atoms with E-state index in [1.807, 2.05) is 61.6 Å². The lowest BCUT2D eigenvalue weighted by molar-refractivity contribution is 0.681. The van der Waals surface area contributed by atoms with Crippen molar-refractivity contribution >= 4 is 16.7 Å². The number of aromatic nitrogens is 4. The van der Waals surface area contributed by atoms with E-state index >= 15 is 0 Å². The summed E-state index contributed by atoms with van der Waals surface area (Å²) in [5, 5.41) is 4.72. The first-order chi connectivity index (χ1) is 14.2. The van der Waals surface area contributed by atoms with Gasteiger partial charge in [0.15, 0.2) is 5.82 Å². The fourth-order valence-corrected chi connectivity index (χ4v) is 3.21. The third-order valence-electron chi connectivity index (χ3n) is 4.73. The molecule has 0 aliphatic heterocycles. The largest absolute Gasteiger partial charge is 0.363 e. The van der Waals surface area contributed by atoms with Crippen molar-refractivity contribution in [2.45, 2.75) is 13.0 Å². The van der Waals surface area contributed by atoms with Crippen molar-refractivity contribution in [1.29, 1.82) is 0 Å². The number of benzene rings is 1. The maximum atomic E-state index is 4.73. The van der Waals surface area contributed by atoms with E-state index < -0.39 is 0 Å². The van der Waals surface area contributed by atoms with Crippen LogP contribution in [0.25, 0.3) is 22.4 Å². The van der Waals surface area contributed by atoms with Crippen LogP contribution in [0.2, 0.25) is 0 Å². The average molecular weight is 384 g/mol. The van der Waals surface area contributed by atoms with E-state index in [0.717, 1.165) is 42.2 Å². The number of anilines is 1. The highest BCUT2D eigenvalue weighted by Gasteiger charge is 2.09. The predicted octanol–water partition coefficient (Wildman–Crippen LogP) is 3.49. The molecule has 6 nitrogen and oxygen atoms in total. The number of fused-ring (bicyclic) bond motifs is 1. The Morgan fingerprint density at radius 3 is 2.62 bits per heavy atom. The molecule has 6 heteroatoms. The highest BCUT2D eigenvalue weighted by molar-refractivity contribution is 5.81. The van der Waals surface area contributed by atoms with E-state index in [2.05, 4.69) is 38.5 Å². The van der Waals surface area contributed by atoms with Crippen molar-refractivity contribution in [2.24, 2.45) is 0 Å². The van der Waals surface area contributed by atoms with Crippen LogP contribution < -0.4 is 10.2 Å². The minimum absolute atomic E-state index is 0.659. The normalized spacial score (nSPS) is 11.0. The topological polar surface area (TPSA) is 66.8 Å². The average Bonchev–Trinajstić information content (AvgIpc) is 2.77. The summed E-state index contributed by atoms with van der Waals surface area (Å²) in [5.74, 6) is 1.54. The fraction of sp³-hybridized carbons (Fsp3) is 0.217. The Hall–Kier alpha value is -3.38. The van der Waals surface area contributed by atoms with Gasteiger partial charge in [0.25, 0.3) is 0 Å². The quantitative estimate of drug-likeness (QED) is 0.492. The van der Waals surface area contributed by atoms with E-state index in [4.69, 9.17) is 4.98 Å². The molecule has 0 aliphatic rings.